The third-order valence-electron chi connectivity index (χ3n) is 4.66. The number of amides is 1. The molecule has 0 spiro atoms. The minimum Gasteiger partial charge on any atom is -0.321 e. The van der Waals surface area contributed by atoms with E-state index in [2.05, 4.69) is 10.3 Å². The summed E-state index contributed by atoms with van der Waals surface area (Å²) in [7, 11) is 0. The van der Waals surface area contributed by atoms with Gasteiger partial charge in [-0.2, -0.15) is 5.26 Å². The Balaban J connectivity index is 1.94. The number of carbonyl (C=O) groups is 1. The van der Waals surface area contributed by atoms with Gasteiger partial charge in [-0.25, -0.2) is 4.98 Å². The molecule has 6 heteroatoms. The van der Waals surface area contributed by atoms with Gasteiger partial charge in [-0.3, -0.25) is 9.36 Å². The van der Waals surface area contributed by atoms with Gasteiger partial charge in [0, 0.05) is 28.7 Å². The molecule has 0 aliphatic rings. The first kappa shape index (κ1) is 19.6. The van der Waals surface area contributed by atoms with E-state index < -0.39 is 5.91 Å². The normalized spacial score (nSPS) is 11.4. The Kier molecular flexibility index (Phi) is 5.48. The molecule has 0 saturated carbocycles. The summed E-state index contributed by atoms with van der Waals surface area (Å²) >= 11 is 1.54. The van der Waals surface area contributed by atoms with Crippen LogP contribution in [-0.4, -0.2) is 15.5 Å². The Bertz CT molecular complexity index is 1090. The van der Waals surface area contributed by atoms with Crippen molar-refractivity contribution in [3.63, 3.8) is 0 Å². The molecule has 0 aliphatic carbocycles. The summed E-state index contributed by atoms with van der Waals surface area (Å²) in [6.07, 6.45) is 3.40. The number of nitrogens with zero attached hydrogens (tertiary/aromatic N) is 3. The fourth-order valence-electron chi connectivity index (χ4n) is 3.42. The number of hydrogen-bond donors (Lipinski definition) is 1. The van der Waals surface area contributed by atoms with E-state index in [0.29, 0.717) is 0 Å². The Morgan fingerprint density at radius 2 is 1.86 bits per heavy atom. The number of aromatic nitrogens is 2. The largest absolute Gasteiger partial charge is 0.321 e. The lowest BCUT2D eigenvalue weighted by Crippen LogP contribution is -2.15. The Morgan fingerprint density at radius 1 is 1.18 bits per heavy atom. The lowest BCUT2D eigenvalue weighted by Gasteiger charge is -2.12. The molecule has 0 unspecified atom stereocenters. The summed E-state index contributed by atoms with van der Waals surface area (Å²) < 4.78 is 2.03. The van der Waals surface area contributed by atoms with Gasteiger partial charge in [-0.1, -0.05) is 17.7 Å². The van der Waals surface area contributed by atoms with E-state index in [-0.39, 0.29) is 5.57 Å². The highest BCUT2D eigenvalue weighted by Crippen LogP contribution is 2.25. The average molecular weight is 391 g/mol. The molecule has 0 aliphatic heterocycles. The van der Waals surface area contributed by atoms with Crippen LogP contribution in [0.2, 0.25) is 0 Å². The standard InChI is InChI=1S/C22H22N4OS/c1-13-8-14(2)20(15(3)9-13)25-21(27)19(12-23)11-18-10-16(4)26(17(18)5)22-24-6-7-28-22/h6-11H,1-5H3,(H,25,27)/b19-11+. The Morgan fingerprint density at radius 3 is 2.43 bits per heavy atom. The van der Waals surface area contributed by atoms with Crippen LogP contribution in [0.4, 0.5) is 5.69 Å². The fourth-order valence-corrected chi connectivity index (χ4v) is 4.17. The second kappa shape index (κ2) is 7.83. The van der Waals surface area contributed by atoms with Crippen LogP contribution in [0.25, 0.3) is 11.2 Å². The first-order chi connectivity index (χ1) is 13.3. The molecule has 0 fully saturated rings. The smallest absolute Gasteiger partial charge is 0.266 e. The van der Waals surface area contributed by atoms with Crippen LogP contribution in [0.5, 0.6) is 0 Å². The fraction of sp³-hybridized carbons (Fsp3) is 0.227. The quantitative estimate of drug-likeness (QED) is 0.502. The van der Waals surface area contributed by atoms with Crippen molar-refractivity contribution in [2.24, 2.45) is 0 Å². The number of nitriles is 1. The highest BCUT2D eigenvalue weighted by Gasteiger charge is 2.16. The van der Waals surface area contributed by atoms with E-state index >= 15 is 0 Å². The van der Waals surface area contributed by atoms with Gasteiger partial charge in [0.15, 0.2) is 5.13 Å². The maximum Gasteiger partial charge on any atom is 0.266 e. The van der Waals surface area contributed by atoms with E-state index in [1.54, 1.807) is 23.6 Å². The predicted octanol–water partition coefficient (Wildman–Crippen LogP) is 5.02. The van der Waals surface area contributed by atoms with E-state index in [9.17, 15) is 10.1 Å². The summed E-state index contributed by atoms with van der Waals surface area (Å²) in [5.74, 6) is -0.406. The molecule has 142 valence electrons. The molecule has 2 aromatic heterocycles. The van der Waals surface area contributed by atoms with Crippen LogP contribution >= 0.6 is 11.3 Å². The highest BCUT2D eigenvalue weighted by atomic mass is 32.1. The molecule has 3 aromatic rings. The van der Waals surface area contributed by atoms with Crippen LogP contribution in [0.15, 0.2) is 35.3 Å². The summed E-state index contributed by atoms with van der Waals surface area (Å²) in [5.41, 5.74) is 6.69. The van der Waals surface area contributed by atoms with Crippen molar-refractivity contribution in [1.29, 1.82) is 5.26 Å². The minimum atomic E-state index is -0.406. The van der Waals surface area contributed by atoms with Gasteiger partial charge >= 0.3 is 0 Å². The number of aryl methyl sites for hydroxylation is 4. The summed E-state index contributed by atoms with van der Waals surface area (Å²) in [6.45, 7) is 9.86. The number of carbonyl (C=O) groups excluding carboxylic acids is 1. The molecule has 1 aromatic carbocycles. The molecule has 0 radical (unpaired) electrons. The number of thiazole rings is 1. The van der Waals surface area contributed by atoms with E-state index in [1.165, 1.54) is 0 Å². The SMILES string of the molecule is Cc1cc(C)c(NC(=O)/C(C#N)=C/c2cc(C)n(-c3nccs3)c2C)c(C)c1. The zero-order chi connectivity index (χ0) is 20.4. The Labute approximate surface area is 169 Å². The van der Waals surface area contributed by atoms with Crippen LogP contribution in [0.3, 0.4) is 0 Å². The number of anilines is 1. The second-order valence-corrected chi connectivity index (χ2v) is 7.75. The molecular weight excluding hydrogens is 368 g/mol. The van der Waals surface area contributed by atoms with Crippen molar-refractivity contribution in [2.45, 2.75) is 34.6 Å². The van der Waals surface area contributed by atoms with Gasteiger partial charge in [0.2, 0.25) is 0 Å². The van der Waals surface area contributed by atoms with Gasteiger partial charge in [0.1, 0.15) is 11.6 Å². The van der Waals surface area contributed by atoms with Crippen molar-refractivity contribution < 1.29 is 4.79 Å². The molecular formula is C22H22N4OS. The number of nitrogens with one attached hydrogen (secondary N) is 1. The van der Waals surface area contributed by atoms with Gasteiger partial charge in [-0.15, -0.1) is 11.3 Å². The van der Waals surface area contributed by atoms with Crippen LogP contribution in [-0.2, 0) is 4.79 Å². The first-order valence-electron chi connectivity index (χ1n) is 8.91. The molecule has 0 bridgehead atoms. The maximum absolute atomic E-state index is 12.8. The number of benzene rings is 1. The van der Waals surface area contributed by atoms with Crippen LogP contribution in [0.1, 0.15) is 33.6 Å². The number of rotatable bonds is 4. The molecule has 5 nitrogen and oxygen atoms in total. The summed E-state index contributed by atoms with van der Waals surface area (Å²) in [5, 5.41) is 15.3. The van der Waals surface area contributed by atoms with Crippen molar-refractivity contribution in [2.75, 3.05) is 5.32 Å². The predicted molar refractivity (Wildman–Crippen MR) is 114 cm³/mol. The zero-order valence-corrected chi connectivity index (χ0v) is 17.4. The second-order valence-electron chi connectivity index (χ2n) is 6.87. The molecule has 0 saturated heterocycles. The van der Waals surface area contributed by atoms with Crippen molar-refractivity contribution in [3.05, 3.63) is 69.0 Å². The van der Waals surface area contributed by atoms with E-state index in [0.717, 1.165) is 44.5 Å². The lowest BCUT2D eigenvalue weighted by molar-refractivity contribution is -0.112. The topological polar surface area (TPSA) is 70.7 Å². The first-order valence-corrected chi connectivity index (χ1v) is 9.79. The van der Waals surface area contributed by atoms with Gasteiger partial charge in [0.05, 0.1) is 0 Å². The molecule has 0 atom stereocenters. The maximum atomic E-state index is 12.8. The van der Waals surface area contributed by atoms with Crippen molar-refractivity contribution in [3.8, 4) is 11.2 Å². The molecule has 2 heterocycles. The lowest BCUT2D eigenvalue weighted by atomic mass is 10.0. The summed E-state index contributed by atoms with van der Waals surface area (Å²) in [6, 6.07) is 8.03. The van der Waals surface area contributed by atoms with Crippen LogP contribution in [0, 0.1) is 45.9 Å². The minimum absolute atomic E-state index is 0.0683. The van der Waals surface area contributed by atoms with E-state index in [4.69, 9.17) is 0 Å². The van der Waals surface area contributed by atoms with Crippen molar-refractivity contribution >= 4 is 29.0 Å². The molecule has 1 N–H and O–H groups in total. The molecule has 1 amide bonds. The Hall–Kier alpha value is -3.17. The third kappa shape index (κ3) is 3.75. The van der Waals surface area contributed by atoms with Crippen LogP contribution < -0.4 is 5.32 Å². The highest BCUT2D eigenvalue weighted by molar-refractivity contribution is 7.12. The molecule has 3 rings (SSSR count). The third-order valence-corrected chi connectivity index (χ3v) is 5.42. The van der Waals surface area contributed by atoms with Gasteiger partial charge < -0.3 is 5.32 Å². The van der Waals surface area contributed by atoms with Gasteiger partial charge in [0.25, 0.3) is 5.91 Å². The molecule has 28 heavy (non-hydrogen) atoms. The van der Waals surface area contributed by atoms with Crippen molar-refractivity contribution in [1.82, 2.24) is 9.55 Å². The zero-order valence-electron chi connectivity index (χ0n) is 16.6. The number of hydrogen-bond acceptors (Lipinski definition) is 4. The summed E-state index contributed by atoms with van der Waals surface area (Å²) in [4.78, 5) is 17.1. The van der Waals surface area contributed by atoms with Gasteiger partial charge in [-0.05, 0) is 63.5 Å². The average Bonchev–Trinajstić information content (AvgIpc) is 3.23. The monoisotopic (exact) mass is 390 g/mol. The van der Waals surface area contributed by atoms with E-state index in [1.807, 2.05) is 68.8 Å².